The Morgan fingerprint density at radius 2 is 2.00 bits per heavy atom. The molecular weight excluding hydrogens is 112 g/mol. The van der Waals surface area contributed by atoms with E-state index in [1.54, 1.807) is 0 Å². The maximum absolute atomic E-state index is 9.44. The molecule has 0 aromatic heterocycles. The predicted octanol–water partition coefficient (Wildman–Crippen LogP) is 1.95. The van der Waals surface area contributed by atoms with Crippen LogP contribution in [0.5, 0.6) is 0 Å². The van der Waals surface area contributed by atoms with Gasteiger partial charge in [-0.2, -0.15) is 0 Å². The van der Waals surface area contributed by atoms with Gasteiger partial charge in [-0.1, -0.05) is 26.7 Å². The Labute approximate surface area is 57.1 Å². The van der Waals surface area contributed by atoms with Crippen molar-refractivity contribution >= 4 is 0 Å². The second-order valence-corrected chi connectivity index (χ2v) is 3.75. The average Bonchev–Trinajstić information content (AvgIpc) is 1.77. The Bertz CT molecular complexity index is 96.7. The number of aliphatic hydroxyl groups excluding tert-OH is 1. The highest BCUT2D eigenvalue weighted by atomic mass is 16.3. The van der Waals surface area contributed by atoms with E-state index in [-0.39, 0.29) is 11.5 Å². The van der Waals surface area contributed by atoms with Crippen LogP contribution in [0, 0.1) is 5.41 Å². The van der Waals surface area contributed by atoms with Crippen LogP contribution in [0.1, 0.15) is 39.5 Å². The molecule has 0 aliphatic heterocycles. The highest BCUT2D eigenvalue weighted by molar-refractivity contribution is 4.81. The van der Waals surface area contributed by atoms with E-state index in [2.05, 4.69) is 13.8 Å². The largest absolute Gasteiger partial charge is 0.393 e. The van der Waals surface area contributed by atoms with Crippen LogP contribution >= 0.6 is 0 Å². The van der Waals surface area contributed by atoms with Crippen LogP contribution < -0.4 is 0 Å². The molecule has 0 aromatic rings. The van der Waals surface area contributed by atoms with Crippen LogP contribution in [0.15, 0.2) is 0 Å². The molecule has 1 unspecified atom stereocenters. The summed E-state index contributed by atoms with van der Waals surface area (Å²) in [6, 6.07) is 0. The minimum absolute atomic E-state index is 0.0498. The van der Waals surface area contributed by atoms with Gasteiger partial charge in [0.25, 0.3) is 0 Å². The molecule has 1 nitrogen and oxygen atoms in total. The van der Waals surface area contributed by atoms with E-state index in [9.17, 15) is 5.11 Å². The second-order valence-electron chi connectivity index (χ2n) is 3.75. The Balaban J connectivity index is 2.49. The molecule has 0 bridgehead atoms. The smallest absolute Gasteiger partial charge is 0.0591 e. The minimum Gasteiger partial charge on any atom is -0.393 e. The van der Waals surface area contributed by atoms with Gasteiger partial charge in [0.05, 0.1) is 6.10 Å². The molecule has 1 rings (SSSR count). The van der Waals surface area contributed by atoms with Crippen LogP contribution in [0.25, 0.3) is 0 Å². The normalized spacial score (nSPS) is 34.3. The Morgan fingerprint density at radius 3 is 2.33 bits per heavy atom. The molecule has 0 spiro atoms. The first-order chi connectivity index (χ1) is 4.13. The monoisotopic (exact) mass is 128 g/mol. The van der Waals surface area contributed by atoms with Gasteiger partial charge >= 0.3 is 0 Å². The third-order valence-corrected chi connectivity index (χ3v) is 2.45. The van der Waals surface area contributed by atoms with Crippen molar-refractivity contribution in [3.05, 3.63) is 0 Å². The van der Waals surface area contributed by atoms with Gasteiger partial charge in [-0.15, -0.1) is 0 Å². The average molecular weight is 128 g/mol. The molecule has 0 amide bonds. The summed E-state index contributed by atoms with van der Waals surface area (Å²) in [4.78, 5) is 0. The Kier molecular flexibility index (Phi) is 1.80. The van der Waals surface area contributed by atoms with Crippen LogP contribution in [0.4, 0.5) is 0 Å². The van der Waals surface area contributed by atoms with Crippen LogP contribution in [-0.4, -0.2) is 11.2 Å². The molecular formula is C8H16O. The van der Waals surface area contributed by atoms with Crippen molar-refractivity contribution in [3.8, 4) is 0 Å². The molecule has 1 N–H and O–H groups in total. The van der Waals surface area contributed by atoms with E-state index in [1.807, 2.05) is 0 Å². The fourth-order valence-corrected chi connectivity index (χ4v) is 1.48. The number of hydrogen-bond donors (Lipinski definition) is 1. The molecule has 0 saturated heterocycles. The predicted molar refractivity (Wildman–Crippen MR) is 38.3 cm³/mol. The molecule has 9 heavy (non-hydrogen) atoms. The van der Waals surface area contributed by atoms with Crippen molar-refractivity contribution < 1.29 is 5.11 Å². The summed E-state index contributed by atoms with van der Waals surface area (Å²) in [5, 5.41) is 9.44. The van der Waals surface area contributed by atoms with Crippen molar-refractivity contribution in [1.29, 1.82) is 0 Å². The molecule has 1 atom stereocenters. The standard InChI is InChI=1S/C8H16O/c1-8(2)6-4-3-5-7(8)9/h7,9H,3-6H2,1-2H3. The first-order valence-electron chi connectivity index (χ1n) is 3.81. The molecule has 54 valence electrons. The van der Waals surface area contributed by atoms with Crippen molar-refractivity contribution in [2.75, 3.05) is 0 Å². The second kappa shape index (κ2) is 2.30. The SMILES string of the molecule is CC1(C)CCCCC1O. The summed E-state index contributed by atoms with van der Waals surface area (Å²) in [6.07, 6.45) is 4.65. The number of rotatable bonds is 0. The van der Waals surface area contributed by atoms with Gasteiger partial charge in [-0.05, 0) is 18.3 Å². The third kappa shape index (κ3) is 1.45. The van der Waals surface area contributed by atoms with E-state index in [0.29, 0.717) is 0 Å². The van der Waals surface area contributed by atoms with E-state index in [1.165, 1.54) is 19.3 Å². The van der Waals surface area contributed by atoms with Crippen molar-refractivity contribution in [3.63, 3.8) is 0 Å². The first-order valence-corrected chi connectivity index (χ1v) is 3.81. The van der Waals surface area contributed by atoms with Gasteiger partial charge in [0.1, 0.15) is 0 Å². The van der Waals surface area contributed by atoms with E-state index < -0.39 is 0 Å². The molecule has 1 fully saturated rings. The summed E-state index contributed by atoms with van der Waals surface area (Å²) in [6.45, 7) is 4.30. The van der Waals surface area contributed by atoms with Gasteiger partial charge in [-0.25, -0.2) is 0 Å². The van der Waals surface area contributed by atoms with Crippen LogP contribution in [0.2, 0.25) is 0 Å². The van der Waals surface area contributed by atoms with Crippen molar-refractivity contribution in [1.82, 2.24) is 0 Å². The summed E-state index contributed by atoms with van der Waals surface area (Å²) in [5.74, 6) is 0. The fraction of sp³-hybridized carbons (Fsp3) is 1.00. The third-order valence-electron chi connectivity index (χ3n) is 2.45. The number of hydrogen-bond acceptors (Lipinski definition) is 1. The van der Waals surface area contributed by atoms with Gasteiger partial charge < -0.3 is 5.11 Å². The zero-order valence-electron chi connectivity index (χ0n) is 6.35. The summed E-state index contributed by atoms with van der Waals surface area (Å²) >= 11 is 0. The Hall–Kier alpha value is -0.0400. The number of aliphatic hydroxyl groups is 1. The summed E-state index contributed by atoms with van der Waals surface area (Å²) in [5.41, 5.74) is 0.193. The maximum atomic E-state index is 9.44. The van der Waals surface area contributed by atoms with Gasteiger partial charge in [-0.3, -0.25) is 0 Å². The van der Waals surface area contributed by atoms with Crippen LogP contribution in [0.3, 0.4) is 0 Å². The van der Waals surface area contributed by atoms with Gasteiger partial charge in [0, 0.05) is 0 Å². The van der Waals surface area contributed by atoms with Crippen molar-refractivity contribution in [2.45, 2.75) is 45.6 Å². The van der Waals surface area contributed by atoms with E-state index in [4.69, 9.17) is 0 Å². The van der Waals surface area contributed by atoms with Gasteiger partial charge in [0.2, 0.25) is 0 Å². The topological polar surface area (TPSA) is 20.2 Å². The lowest BCUT2D eigenvalue weighted by Crippen LogP contribution is -2.32. The van der Waals surface area contributed by atoms with Gasteiger partial charge in [0.15, 0.2) is 0 Å². The molecule has 0 aromatic carbocycles. The highest BCUT2D eigenvalue weighted by Crippen LogP contribution is 2.34. The zero-order valence-corrected chi connectivity index (χ0v) is 6.35. The summed E-state index contributed by atoms with van der Waals surface area (Å²) in [7, 11) is 0. The molecule has 1 saturated carbocycles. The quantitative estimate of drug-likeness (QED) is 0.528. The van der Waals surface area contributed by atoms with E-state index >= 15 is 0 Å². The maximum Gasteiger partial charge on any atom is 0.0591 e. The summed E-state index contributed by atoms with van der Waals surface area (Å²) < 4.78 is 0. The highest BCUT2D eigenvalue weighted by Gasteiger charge is 2.29. The van der Waals surface area contributed by atoms with Crippen LogP contribution in [-0.2, 0) is 0 Å². The molecule has 1 aliphatic carbocycles. The van der Waals surface area contributed by atoms with E-state index in [0.717, 1.165) is 6.42 Å². The van der Waals surface area contributed by atoms with Crippen molar-refractivity contribution in [2.24, 2.45) is 5.41 Å². The lowest BCUT2D eigenvalue weighted by molar-refractivity contribution is 0.0135. The first kappa shape index (κ1) is 7.07. The fourth-order valence-electron chi connectivity index (χ4n) is 1.48. The Morgan fingerprint density at radius 1 is 1.33 bits per heavy atom. The zero-order chi connectivity index (χ0) is 6.91. The lowest BCUT2D eigenvalue weighted by atomic mass is 9.75. The molecule has 0 heterocycles. The lowest BCUT2D eigenvalue weighted by Gasteiger charge is -2.34. The molecule has 1 heteroatoms. The minimum atomic E-state index is -0.0498. The molecule has 1 aliphatic rings. The molecule has 0 radical (unpaired) electrons.